The first kappa shape index (κ1) is 8.19. The van der Waals surface area contributed by atoms with Gasteiger partial charge in [0.15, 0.2) is 0 Å². The third kappa shape index (κ3) is 1.40. The molecule has 2 aromatic rings. The largest absolute Gasteiger partial charge is 0.386 e. The Morgan fingerprint density at radius 3 is 3.15 bits per heavy atom. The topological polar surface area (TPSA) is 37.5 Å². The zero-order chi connectivity index (χ0) is 9.26. The summed E-state index contributed by atoms with van der Waals surface area (Å²) in [4.78, 5) is 4.03. The Bertz CT molecular complexity index is 413. The van der Waals surface area contributed by atoms with Gasteiger partial charge in [-0.15, -0.1) is 0 Å². The molecule has 0 amide bonds. The molecule has 2 aromatic heterocycles. The van der Waals surface area contributed by atoms with Crippen molar-refractivity contribution >= 4 is 5.65 Å². The number of alkyl halides is 1. The molecule has 0 aliphatic heterocycles. The van der Waals surface area contributed by atoms with Gasteiger partial charge in [-0.25, -0.2) is 9.37 Å². The van der Waals surface area contributed by atoms with E-state index < -0.39 is 12.8 Å². The Morgan fingerprint density at radius 1 is 1.54 bits per heavy atom. The lowest BCUT2D eigenvalue weighted by Gasteiger charge is -2.05. The van der Waals surface area contributed by atoms with E-state index in [1.165, 1.54) is 0 Å². The molecule has 13 heavy (non-hydrogen) atoms. The van der Waals surface area contributed by atoms with Gasteiger partial charge in [-0.3, -0.25) is 0 Å². The summed E-state index contributed by atoms with van der Waals surface area (Å²) in [5.74, 6) is 0. The minimum absolute atomic E-state index is 0.563. The Kier molecular flexibility index (Phi) is 1.98. The van der Waals surface area contributed by atoms with Crippen molar-refractivity contribution in [2.75, 3.05) is 6.67 Å². The van der Waals surface area contributed by atoms with E-state index in [1.54, 1.807) is 35.1 Å². The van der Waals surface area contributed by atoms with E-state index in [0.29, 0.717) is 5.56 Å². The van der Waals surface area contributed by atoms with Gasteiger partial charge in [-0.1, -0.05) is 6.07 Å². The summed E-state index contributed by atoms with van der Waals surface area (Å²) in [6.07, 6.45) is 4.05. The third-order valence-corrected chi connectivity index (χ3v) is 1.94. The fourth-order valence-electron chi connectivity index (χ4n) is 1.22. The zero-order valence-corrected chi connectivity index (χ0v) is 6.89. The number of aromatic nitrogens is 2. The van der Waals surface area contributed by atoms with Crippen molar-refractivity contribution in [1.82, 2.24) is 9.38 Å². The van der Waals surface area contributed by atoms with Crippen molar-refractivity contribution in [1.29, 1.82) is 0 Å². The predicted molar refractivity (Wildman–Crippen MR) is 46.1 cm³/mol. The molecule has 68 valence electrons. The summed E-state index contributed by atoms with van der Waals surface area (Å²) in [5, 5.41) is 9.22. The zero-order valence-electron chi connectivity index (χ0n) is 6.89. The molecule has 3 nitrogen and oxygen atoms in total. The van der Waals surface area contributed by atoms with Crippen molar-refractivity contribution in [2.24, 2.45) is 0 Å². The standard InChI is InChI=1S/C9H9FN2O/c10-5-8(13)7-1-2-9-11-3-4-12(9)6-7/h1-4,6,8,13H,5H2. The summed E-state index contributed by atoms with van der Waals surface area (Å²) in [7, 11) is 0. The summed E-state index contributed by atoms with van der Waals surface area (Å²) in [6.45, 7) is -0.764. The lowest BCUT2D eigenvalue weighted by atomic mass is 10.2. The summed E-state index contributed by atoms with van der Waals surface area (Å²) >= 11 is 0. The highest BCUT2D eigenvalue weighted by Crippen LogP contribution is 2.13. The molecule has 0 aliphatic rings. The van der Waals surface area contributed by atoms with E-state index in [0.717, 1.165) is 5.65 Å². The molecule has 1 N–H and O–H groups in total. The monoisotopic (exact) mass is 180 g/mol. The van der Waals surface area contributed by atoms with Crippen LogP contribution in [-0.4, -0.2) is 21.2 Å². The maximum Gasteiger partial charge on any atom is 0.136 e. The molecule has 2 heterocycles. The van der Waals surface area contributed by atoms with E-state index in [1.807, 2.05) is 0 Å². The molecule has 0 aliphatic carbocycles. The van der Waals surface area contributed by atoms with Gasteiger partial charge in [0.1, 0.15) is 18.4 Å². The minimum Gasteiger partial charge on any atom is -0.386 e. The number of hydrogen-bond donors (Lipinski definition) is 1. The van der Waals surface area contributed by atoms with E-state index in [4.69, 9.17) is 0 Å². The van der Waals surface area contributed by atoms with Crippen molar-refractivity contribution < 1.29 is 9.50 Å². The van der Waals surface area contributed by atoms with Crippen molar-refractivity contribution in [3.8, 4) is 0 Å². The number of imidazole rings is 1. The second kappa shape index (κ2) is 3.14. The van der Waals surface area contributed by atoms with Crippen molar-refractivity contribution in [3.63, 3.8) is 0 Å². The highest BCUT2D eigenvalue weighted by Gasteiger charge is 2.06. The first-order chi connectivity index (χ1) is 6.31. The third-order valence-electron chi connectivity index (χ3n) is 1.94. The Morgan fingerprint density at radius 2 is 2.38 bits per heavy atom. The van der Waals surface area contributed by atoms with Gasteiger partial charge >= 0.3 is 0 Å². The predicted octanol–water partition coefficient (Wildman–Crippen LogP) is 1.34. The van der Waals surface area contributed by atoms with Crippen LogP contribution in [0.25, 0.3) is 5.65 Å². The number of aliphatic hydroxyl groups is 1. The van der Waals surface area contributed by atoms with Crippen molar-refractivity contribution in [2.45, 2.75) is 6.10 Å². The number of halogens is 1. The fraction of sp³-hybridized carbons (Fsp3) is 0.222. The molecule has 0 fully saturated rings. The molecular weight excluding hydrogens is 171 g/mol. The molecule has 0 bridgehead atoms. The lowest BCUT2D eigenvalue weighted by molar-refractivity contribution is 0.141. The van der Waals surface area contributed by atoms with Crippen molar-refractivity contribution in [3.05, 3.63) is 36.3 Å². The molecule has 0 radical (unpaired) electrons. The van der Waals surface area contributed by atoms with E-state index in [-0.39, 0.29) is 0 Å². The summed E-state index contributed by atoms with van der Waals surface area (Å²) < 4.78 is 13.9. The van der Waals surface area contributed by atoms with E-state index in [2.05, 4.69) is 4.98 Å². The average molecular weight is 180 g/mol. The normalized spacial score (nSPS) is 13.4. The minimum atomic E-state index is -1.04. The van der Waals surface area contributed by atoms with Gasteiger partial charge in [-0.05, 0) is 11.6 Å². The quantitative estimate of drug-likeness (QED) is 0.757. The second-order valence-corrected chi connectivity index (χ2v) is 2.83. The maximum atomic E-state index is 12.1. The first-order valence-corrected chi connectivity index (χ1v) is 3.98. The molecule has 0 saturated heterocycles. The highest BCUT2D eigenvalue weighted by atomic mass is 19.1. The van der Waals surface area contributed by atoms with Crippen LogP contribution in [-0.2, 0) is 0 Å². The molecule has 0 aromatic carbocycles. The number of rotatable bonds is 2. The van der Waals surface area contributed by atoms with Crippen LogP contribution < -0.4 is 0 Å². The van der Waals surface area contributed by atoms with Crippen LogP contribution in [0.2, 0.25) is 0 Å². The van der Waals surface area contributed by atoms with Crippen LogP contribution in [0.4, 0.5) is 4.39 Å². The van der Waals surface area contributed by atoms with Gasteiger partial charge in [-0.2, -0.15) is 0 Å². The number of fused-ring (bicyclic) bond motifs is 1. The van der Waals surface area contributed by atoms with Crippen LogP contribution in [0, 0.1) is 0 Å². The Hall–Kier alpha value is -1.42. The van der Waals surface area contributed by atoms with Gasteiger partial charge in [0.25, 0.3) is 0 Å². The molecule has 0 saturated carbocycles. The molecule has 1 atom stereocenters. The van der Waals surface area contributed by atoms with Crippen LogP contribution in [0.15, 0.2) is 30.7 Å². The van der Waals surface area contributed by atoms with Crippen LogP contribution in [0.5, 0.6) is 0 Å². The molecular formula is C9H9FN2O. The average Bonchev–Trinajstić information content (AvgIpc) is 2.63. The molecule has 0 spiro atoms. The number of hydrogen-bond acceptors (Lipinski definition) is 2. The fourth-order valence-corrected chi connectivity index (χ4v) is 1.22. The Balaban J connectivity index is 2.48. The highest BCUT2D eigenvalue weighted by molar-refractivity contribution is 5.39. The van der Waals surface area contributed by atoms with E-state index >= 15 is 0 Å². The number of aliphatic hydroxyl groups excluding tert-OH is 1. The molecule has 1 unspecified atom stereocenters. The van der Waals surface area contributed by atoms with Gasteiger partial charge < -0.3 is 9.51 Å². The smallest absolute Gasteiger partial charge is 0.136 e. The lowest BCUT2D eigenvalue weighted by Crippen LogP contribution is -2.00. The van der Waals surface area contributed by atoms with Crippen LogP contribution in [0.3, 0.4) is 0 Å². The van der Waals surface area contributed by atoms with Gasteiger partial charge in [0.05, 0.1) is 0 Å². The first-order valence-electron chi connectivity index (χ1n) is 3.98. The second-order valence-electron chi connectivity index (χ2n) is 2.83. The van der Waals surface area contributed by atoms with Crippen LogP contribution >= 0.6 is 0 Å². The SMILES string of the molecule is OC(CF)c1ccc2nccn2c1. The molecule has 2 rings (SSSR count). The summed E-state index contributed by atoms with van der Waals surface area (Å²) in [6, 6.07) is 3.42. The maximum absolute atomic E-state index is 12.1. The summed E-state index contributed by atoms with van der Waals surface area (Å²) in [5.41, 5.74) is 1.35. The van der Waals surface area contributed by atoms with Crippen LogP contribution in [0.1, 0.15) is 11.7 Å². The van der Waals surface area contributed by atoms with E-state index in [9.17, 15) is 9.50 Å². The van der Waals surface area contributed by atoms with Gasteiger partial charge in [0, 0.05) is 18.6 Å². The molecule has 4 heteroatoms. The number of pyridine rings is 1. The van der Waals surface area contributed by atoms with Gasteiger partial charge in [0.2, 0.25) is 0 Å². The Labute approximate surface area is 74.5 Å². The number of nitrogens with zero attached hydrogens (tertiary/aromatic N) is 2.